The summed E-state index contributed by atoms with van der Waals surface area (Å²) >= 11 is 0. The summed E-state index contributed by atoms with van der Waals surface area (Å²) in [5, 5.41) is 6.06. The van der Waals surface area contributed by atoms with Gasteiger partial charge < -0.3 is 0 Å². The van der Waals surface area contributed by atoms with Crippen LogP contribution in [0.25, 0.3) is 0 Å². The van der Waals surface area contributed by atoms with Crippen molar-refractivity contribution in [2.75, 3.05) is 0 Å². The lowest BCUT2D eigenvalue weighted by Gasteiger charge is -1.99. The van der Waals surface area contributed by atoms with Gasteiger partial charge in [-0.3, -0.25) is 14.7 Å². The van der Waals surface area contributed by atoms with E-state index in [4.69, 9.17) is 0 Å². The van der Waals surface area contributed by atoms with Crippen molar-refractivity contribution in [3.8, 4) is 0 Å². The maximum absolute atomic E-state index is 11.0. The molecule has 1 aromatic rings. The highest BCUT2D eigenvalue weighted by molar-refractivity contribution is 6.20. The lowest BCUT2D eigenvalue weighted by molar-refractivity contribution is 0.0992. The number of allylic oxidation sites excluding steroid dienone is 2. The highest BCUT2D eigenvalue weighted by Gasteiger charge is 2.20. The van der Waals surface area contributed by atoms with Crippen molar-refractivity contribution < 1.29 is 9.59 Å². The van der Waals surface area contributed by atoms with E-state index in [1.165, 1.54) is 18.3 Å². The summed E-state index contributed by atoms with van der Waals surface area (Å²) in [6.07, 6.45) is 3.85. The van der Waals surface area contributed by atoms with Gasteiger partial charge in [0.15, 0.2) is 5.78 Å². The molecule has 0 aliphatic heterocycles. The maximum atomic E-state index is 11.0. The summed E-state index contributed by atoms with van der Waals surface area (Å²) in [4.78, 5) is 22.0. The van der Waals surface area contributed by atoms with E-state index in [1.54, 1.807) is 0 Å². The summed E-state index contributed by atoms with van der Waals surface area (Å²) in [5.41, 5.74) is 0.648. The van der Waals surface area contributed by atoms with Gasteiger partial charge in [0.05, 0.1) is 11.8 Å². The van der Waals surface area contributed by atoms with Gasteiger partial charge in [0.1, 0.15) is 5.69 Å². The molecule has 0 saturated heterocycles. The number of nitrogens with zero attached hydrogens (tertiary/aromatic N) is 1. The van der Waals surface area contributed by atoms with E-state index < -0.39 is 0 Å². The Bertz CT molecular complexity index is 330. The molecule has 4 heteroatoms. The Hall–Kier alpha value is -1.71. The number of nitrogens with one attached hydrogen (secondary N) is 1. The van der Waals surface area contributed by atoms with Gasteiger partial charge in [0, 0.05) is 0 Å². The molecule has 0 radical (unpaired) electrons. The Balaban J connectivity index is 2.68. The number of fused-ring (bicyclic) bond motifs is 1. The van der Waals surface area contributed by atoms with Crippen LogP contribution < -0.4 is 0 Å². The maximum Gasteiger partial charge on any atom is 0.204 e. The number of carbonyl (C=O) groups excluding carboxylic acids is 2. The molecule has 11 heavy (non-hydrogen) atoms. The zero-order valence-electron chi connectivity index (χ0n) is 5.50. The molecular formula is C7H4N2O2. The van der Waals surface area contributed by atoms with Crippen LogP contribution in [0.15, 0.2) is 18.3 Å². The molecule has 0 spiro atoms. The molecule has 1 aromatic heterocycles. The predicted octanol–water partition coefficient (Wildman–Crippen LogP) is 0.345. The van der Waals surface area contributed by atoms with Crippen molar-refractivity contribution in [3.05, 3.63) is 29.6 Å². The van der Waals surface area contributed by atoms with E-state index in [2.05, 4.69) is 10.2 Å². The van der Waals surface area contributed by atoms with Gasteiger partial charge in [0.2, 0.25) is 5.78 Å². The van der Waals surface area contributed by atoms with Crippen LogP contribution in [0.5, 0.6) is 0 Å². The molecular weight excluding hydrogens is 144 g/mol. The highest BCUT2D eigenvalue weighted by Crippen LogP contribution is 2.12. The van der Waals surface area contributed by atoms with Crippen LogP contribution in [0, 0.1) is 0 Å². The van der Waals surface area contributed by atoms with Crippen LogP contribution in [0.4, 0.5) is 0 Å². The first-order valence-electron chi connectivity index (χ1n) is 3.09. The van der Waals surface area contributed by atoms with Crippen LogP contribution in [0.3, 0.4) is 0 Å². The third-order valence-corrected chi connectivity index (χ3v) is 1.54. The first kappa shape index (κ1) is 6.03. The Labute approximate surface area is 61.9 Å². The van der Waals surface area contributed by atoms with Crippen molar-refractivity contribution in [1.29, 1.82) is 0 Å². The number of hydrogen-bond acceptors (Lipinski definition) is 3. The summed E-state index contributed by atoms with van der Waals surface area (Å²) in [7, 11) is 0. The zero-order chi connectivity index (χ0) is 7.84. The fourth-order valence-electron chi connectivity index (χ4n) is 0.985. The van der Waals surface area contributed by atoms with Gasteiger partial charge in [0.25, 0.3) is 0 Å². The molecule has 1 aliphatic rings. The number of aromatic amines is 1. The lowest BCUT2D eigenvalue weighted by Crippen LogP contribution is -2.09. The molecule has 1 N–H and O–H groups in total. The van der Waals surface area contributed by atoms with E-state index in [0.717, 1.165) is 0 Å². The Kier molecular flexibility index (Phi) is 1.03. The molecule has 1 heterocycles. The number of ketones is 2. The number of H-pyrrole nitrogens is 1. The van der Waals surface area contributed by atoms with Crippen molar-refractivity contribution in [2.45, 2.75) is 0 Å². The first-order chi connectivity index (χ1) is 5.29. The topological polar surface area (TPSA) is 62.8 Å². The molecule has 0 amide bonds. The average molecular weight is 148 g/mol. The highest BCUT2D eigenvalue weighted by atomic mass is 16.1. The molecule has 0 atom stereocenters. The smallest absolute Gasteiger partial charge is 0.204 e. The minimum atomic E-state index is -0.197. The molecule has 0 saturated carbocycles. The van der Waals surface area contributed by atoms with E-state index in [0.29, 0.717) is 5.56 Å². The molecule has 0 unspecified atom stereocenters. The molecule has 0 aromatic carbocycles. The number of hydrogen-bond donors (Lipinski definition) is 1. The predicted molar refractivity (Wildman–Crippen MR) is 36.4 cm³/mol. The summed E-state index contributed by atoms with van der Waals surface area (Å²) in [6, 6.07) is 0. The normalized spacial score (nSPS) is 15.3. The molecule has 0 bridgehead atoms. The third-order valence-electron chi connectivity index (χ3n) is 1.54. The number of rotatable bonds is 0. The van der Waals surface area contributed by atoms with Crippen LogP contribution in [0.2, 0.25) is 0 Å². The monoisotopic (exact) mass is 148 g/mol. The fourth-order valence-corrected chi connectivity index (χ4v) is 0.985. The van der Waals surface area contributed by atoms with Gasteiger partial charge in [-0.15, -0.1) is 0 Å². The van der Waals surface area contributed by atoms with E-state index in [-0.39, 0.29) is 17.3 Å². The van der Waals surface area contributed by atoms with Gasteiger partial charge in [-0.2, -0.15) is 5.10 Å². The minimum absolute atomic E-state index is 0.173. The second-order valence-electron chi connectivity index (χ2n) is 2.22. The molecule has 54 valence electrons. The van der Waals surface area contributed by atoms with Crippen molar-refractivity contribution in [3.63, 3.8) is 0 Å². The lowest BCUT2D eigenvalue weighted by atomic mass is 10.0. The summed E-state index contributed by atoms with van der Waals surface area (Å²) < 4.78 is 0. The fraction of sp³-hybridized carbons (Fsp3) is 0. The van der Waals surface area contributed by atoms with Crippen LogP contribution in [-0.2, 0) is 0 Å². The first-order valence-corrected chi connectivity index (χ1v) is 3.09. The Morgan fingerprint density at radius 3 is 2.64 bits per heavy atom. The van der Waals surface area contributed by atoms with Crippen LogP contribution >= 0.6 is 0 Å². The molecule has 4 nitrogen and oxygen atoms in total. The molecule has 1 aliphatic carbocycles. The van der Waals surface area contributed by atoms with Crippen LogP contribution in [0.1, 0.15) is 20.8 Å². The second-order valence-corrected chi connectivity index (χ2v) is 2.22. The van der Waals surface area contributed by atoms with Gasteiger partial charge >= 0.3 is 0 Å². The quantitative estimate of drug-likeness (QED) is 0.577. The number of carbonyl (C=O) groups is 2. The standard InChI is InChI=1S/C7H4N2O2/c10-5-1-2-6(11)7-4(5)3-8-9-7/h1-3H,(H,8,9). The Morgan fingerprint density at radius 2 is 1.91 bits per heavy atom. The van der Waals surface area contributed by atoms with Gasteiger partial charge in [-0.05, 0) is 12.2 Å². The SMILES string of the molecule is O=C1C=CC(=O)c2[nH]ncc21. The summed E-state index contributed by atoms with van der Waals surface area (Å²) in [5.74, 6) is -0.370. The average Bonchev–Trinajstić information content (AvgIpc) is 2.45. The second kappa shape index (κ2) is 1.88. The largest absolute Gasteiger partial charge is 0.289 e. The molecule has 0 fully saturated rings. The summed E-state index contributed by atoms with van der Waals surface area (Å²) in [6.45, 7) is 0. The van der Waals surface area contributed by atoms with Crippen molar-refractivity contribution >= 4 is 11.6 Å². The van der Waals surface area contributed by atoms with Crippen molar-refractivity contribution in [1.82, 2.24) is 10.2 Å². The van der Waals surface area contributed by atoms with Gasteiger partial charge in [-0.1, -0.05) is 0 Å². The minimum Gasteiger partial charge on any atom is -0.289 e. The van der Waals surface area contributed by atoms with Crippen LogP contribution in [-0.4, -0.2) is 21.8 Å². The van der Waals surface area contributed by atoms with Crippen molar-refractivity contribution in [2.24, 2.45) is 0 Å². The number of aromatic nitrogens is 2. The van der Waals surface area contributed by atoms with E-state index >= 15 is 0 Å². The van der Waals surface area contributed by atoms with Gasteiger partial charge in [-0.25, -0.2) is 0 Å². The Morgan fingerprint density at radius 1 is 1.18 bits per heavy atom. The van der Waals surface area contributed by atoms with E-state index in [1.807, 2.05) is 0 Å². The van der Waals surface area contributed by atoms with E-state index in [9.17, 15) is 9.59 Å². The third kappa shape index (κ3) is 0.724. The zero-order valence-corrected chi connectivity index (χ0v) is 5.50. The molecule has 2 rings (SSSR count).